The summed E-state index contributed by atoms with van der Waals surface area (Å²) in [6.45, 7) is 2.03. The van der Waals surface area contributed by atoms with Crippen LogP contribution in [0.4, 0.5) is 5.95 Å². The molecule has 3 rings (SSSR count). The van der Waals surface area contributed by atoms with E-state index in [0.717, 1.165) is 19.0 Å². The number of rotatable bonds is 2. The van der Waals surface area contributed by atoms with E-state index in [1.54, 1.807) is 19.4 Å². The fourth-order valence-electron chi connectivity index (χ4n) is 2.72. The fourth-order valence-corrected chi connectivity index (χ4v) is 2.72. The lowest BCUT2D eigenvalue weighted by Crippen LogP contribution is -2.36. The van der Waals surface area contributed by atoms with E-state index in [2.05, 4.69) is 20.2 Å². The molecule has 2 bridgehead atoms. The van der Waals surface area contributed by atoms with Gasteiger partial charge in [0.2, 0.25) is 11.8 Å². The van der Waals surface area contributed by atoms with Crippen molar-refractivity contribution in [3.8, 4) is 5.88 Å². The summed E-state index contributed by atoms with van der Waals surface area (Å²) in [6, 6.07) is 3.07. The smallest absolute Gasteiger partial charge is 0.228 e. The number of anilines is 1. The van der Waals surface area contributed by atoms with Gasteiger partial charge in [-0.25, -0.2) is 4.98 Å². The number of methoxy groups -OCH3 is 1. The van der Waals surface area contributed by atoms with Crippen molar-refractivity contribution in [2.75, 3.05) is 25.1 Å². The molecule has 1 N–H and O–H groups in total. The summed E-state index contributed by atoms with van der Waals surface area (Å²) >= 11 is 0. The first-order valence-corrected chi connectivity index (χ1v) is 6.23. The summed E-state index contributed by atoms with van der Waals surface area (Å²) in [5, 5.41) is 3.65. The Balaban J connectivity index is 1.78. The molecule has 5 heteroatoms. The number of nitrogens with one attached hydrogen (secondary N) is 1. The number of aromatic nitrogens is 2. The van der Waals surface area contributed by atoms with E-state index < -0.39 is 0 Å². The molecule has 0 aliphatic carbocycles. The zero-order valence-electron chi connectivity index (χ0n) is 10.1. The number of nitrogens with zero attached hydrogens (tertiary/aromatic N) is 3. The topological polar surface area (TPSA) is 50.3 Å². The van der Waals surface area contributed by atoms with Crippen LogP contribution in [0.5, 0.6) is 5.88 Å². The van der Waals surface area contributed by atoms with Crippen LogP contribution in [0.2, 0.25) is 0 Å². The van der Waals surface area contributed by atoms with Gasteiger partial charge in [-0.3, -0.25) is 0 Å². The van der Waals surface area contributed by atoms with Crippen molar-refractivity contribution in [3.05, 3.63) is 12.3 Å². The molecule has 0 saturated carbocycles. The van der Waals surface area contributed by atoms with Gasteiger partial charge < -0.3 is 15.0 Å². The highest BCUT2D eigenvalue weighted by atomic mass is 16.5. The number of hydrogen-bond donors (Lipinski definition) is 1. The van der Waals surface area contributed by atoms with E-state index in [4.69, 9.17) is 4.74 Å². The predicted molar refractivity (Wildman–Crippen MR) is 65.4 cm³/mol. The average molecular weight is 234 g/mol. The summed E-state index contributed by atoms with van der Waals surface area (Å²) < 4.78 is 5.15. The Hall–Kier alpha value is -1.36. The molecule has 0 spiro atoms. The highest BCUT2D eigenvalue weighted by molar-refractivity contribution is 5.33. The van der Waals surface area contributed by atoms with Crippen molar-refractivity contribution in [1.82, 2.24) is 15.3 Å². The molecule has 2 aliphatic rings. The lowest BCUT2D eigenvalue weighted by Gasteiger charge is -2.24. The maximum absolute atomic E-state index is 5.15. The van der Waals surface area contributed by atoms with Crippen LogP contribution >= 0.6 is 0 Å². The van der Waals surface area contributed by atoms with Crippen molar-refractivity contribution in [3.63, 3.8) is 0 Å². The fraction of sp³-hybridized carbons (Fsp3) is 0.667. The molecule has 1 aromatic rings. The van der Waals surface area contributed by atoms with Crippen molar-refractivity contribution in [2.45, 2.75) is 31.3 Å². The average Bonchev–Trinajstić information content (AvgIpc) is 2.69. The minimum Gasteiger partial charge on any atom is -0.481 e. The summed E-state index contributed by atoms with van der Waals surface area (Å²) in [5.74, 6) is 1.43. The molecule has 0 amide bonds. The summed E-state index contributed by atoms with van der Waals surface area (Å²) in [5.41, 5.74) is 0. The zero-order chi connectivity index (χ0) is 11.7. The van der Waals surface area contributed by atoms with Gasteiger partial charge in [0.1, 0.15) is 0 Å². The molecule has 1 aromatic heterocycles. The van der Waals surface area contributed by atoms with Gasteiger partial charge in [0.05, 0.1) is 7.11 Å². The van der Waals surface area contributed by atoms with E-state index in [9.17, 15) is 0 Å². The van der Waals surface area contributed by atoms with Gasteiger partial charge in [-0.1, -0.05) is 0 Å². The van der Waals surface area contributed by atoms with Crippen LogP contribution in [-0.2, 0) is 0 Å². The van der Waals surface area contributed by atoms with Crippen molar-refractivity contribution in [2.24, 2.45) is 0 Å². The van der Waals surface area contributed by atoms with Crippen LogP contribution in [0.3, 0.4) is 0 Å². The minimum atomic E-state index is 0.595. The largest absolute Gasteiger partial charge is 0.481 e. The molecular weight excluding hydrogens is 216 g/mol. The molecule has 2 aliphatic heterocycles. The van der Waals surface area contributed by atoms with Gasteiger partial charge >= 0.3 is 0 Å². The third-order valence-corrected chi connectivity index (χ3v) is 3.63. The van der Waals surface area contributed by atoms with Crippen LogP contribution in [0.15, 0.2) is 12.3 Å². The number of hydrogen-bond acceptors (Lipinski definition) is 5. The second-order valence-corrected chi connectivity index (χ2v) is 4.77. The Labute approximate surface area is 101 Å². The number of ether oxygens (including phenoxy) is 1. The van der Waals surface area contributed by atoms with E-state index in [-0.39, 0.29) is 0 Å². The standard InChI is InChI=1S/C12H18N4O/c1-17-11-4-6-13-12(15-11)16-7-5-9-2-3-10(8-16)14-9/h4,6,9-10,14H,2-3,5,7-8H2,1H3/t9-,10+/m1/s1. The molecule has 2 saturated heterocycles. The Morgan fingerprint density at radius 1 is 1.35 bits per heavy atom. The van der Waals surface area contributed by atoms with Crippen molar-refractivity contribution < 1.29 is 4.74 Å². The van der Waals surface area contributed by atoms with Gasteiger partial charge in [-0.2, -0.15) is 4.98 Å². The minimum absolute atomic E-state index is 0.595. The summed E-state index contributed by atoms with van der Waals surface area (Å²) in [6.07, 6.45) is 5.53. The van der Waals surface area contributed by atoms with Crippen LogP contribution in [-0.4, -0.2) is 42.3 Å². The second kappa shape index (κ2) is 4.49. The molecular formula is C12H18N4O. The molecule has 0 radical (unpaired) electrons. The van der Waals surface area contributed by atoms with Crippen LogP contribution in [0, 0.1) is 0 Å². The maximum atomic E-state index is 5.15. The Bertz CT molecular complexity index is 398. The molecule has 3 heterocycles. The monoisotopic (exact) mass is 234 g/mol. The first-order valence-electron chi connectivity index (χ1n) is 6.23. The molecule has 5 nitrogen and oxygen atoms in total. The summed E-state index contributed by atoms with van der Waals surface area (Å²) in [7, 11) is 1.64. The summed E-state index contributed by atoms with van der Waals surface area (Å²) in [4.78, 5) is 11.0. The van der Waals surface area contributed by atoms with Crippen molar-refractivity contribution >= 4 is 5.95 Å². The van der Waals surface area contributed by atoms with E-state index in [0.29, 0.717) is 18.0 Å². The first-order chi connectivity index (χ1) is 8.35. The first kappa shape index (κ1) is 10.8. The highest BCUT2D eigenvalue weighted by Crippen LogP contribution is 2.23. The second-order valence-electron chi connectivity index (χ2n) is 4.77. The Morgan fingerprint density at radius 3 is 3.12 bits per heavy atom. The maximum Gasteiger partial charge on any atom is 0.228 e. The van der Waals surface area contributed by atoms with Gasteiger partial charge in [-0.15, -0.1) is 0 Å². The Morgan fingerprint density at radius 2 is 2.24 bits per heavy atom. The van der Waals surface area contributed by atoms with Gasteiger partial charge in [0, 0.05) is 37.4 Å². The lowest BCUT2D eigenvalue weighted by atomic mass is 10.1. The molecule has 0 unspecified atom stereocenters. The SMILES string of the molecule is COc1ccnc(N2CC[C@H]3CC[C@@H](C2)N3)n1. The normalized spacial score (nSPS) is 27.9. The molecule has 17 heavy (non-hydrogen) atoms. The molecule has 92 valence electrons. The zero-order valence-corrected chi connectivity index (χ0v) is 10.1. The molecule has 2 atom stereocenters. The van der Waals surface area contributed by atoms with Crippen LogP contribution in [0.1, 0.15) is 19.3 Å². The van der Waals surface area contributed by atoms with Gasteiger partial charge in [0.25, 0.3) is 0 Å². The van der Waals surface area contributed by atoms with E-state index in [1.165, 1.54) is 19.3 Å². The Kier molecular flexibility index (Phi) is 2.84. The third-order valence-electron chi connectivity index (χ3n) is 3.63. The number of fused-ring (bicyclic) bond motifs is 2. The van der Waals surface area contributed by atoms with Crippen LogP contribution < -0.4 is 15.0 Å². The van der Waals surface area contributed by atoms with Gasteiger partial charge in [0.15, 0.2) is 0 Å². The van der Waals surface area contributed by atoms with E-state index >= 15 is 0 Å². The van der Waals surface area contributed by atoms with Crippen molar-refractivity contribution in [1.29, 1.82) is 0 Å². The quantitative estimate of drug-likeness (QED) is 0.821. The molecule has 2 fully saturated rings. The predicted octanol–water partition coefficient (Wildman–Crippen LogP) is 0.816. The van der Waals surface area contributed by atoms with Gasteiger partial charge in [-0.05, 0) is 19.3 Å². The third kappa shape index (κ3) is 2.20. The molecule has 0 aromatic carbocycles. The van der Waals surface area contributed by atoms with Crippen LogP contribution in [0.25, 0.3) is 0 Å². The van der Waals surface area contributed by atoms with E-state index in [1.807, 2.05) is 0 Å². The highest BCUT2D eigenvalue weighted by Gasteiger charge is 2.30. The lowest BCUT2D eigenvalue weighted by molar-refractivity contribution is 0.396.